The average molecular weight is 378 g/mol. The van der Waals surface area contributed by atoms with Crippen LogP contribution in [0.5, 0.6) is 5.75 Å². The minimum Gasteiger partial charge on any atom is -0.485 e. The Kier molecular flexibility index (Phi) is 6.66. The fourth-order valence-corrected chi connectivity index (χ4v) is 2.70. The average Bonchev–Trinajstić information content (AvgIpc) is 3.03. The fourth-order valence-electron chi connectivity index (χ4n) is 2.70. The number of nitrogens with zero attached hydrogens (tertiary/aromatic N) is 2. The molecule has 0 saturated carbocycles. The molecule has 0 aliphatic rings. The molecule has 28 heavy (non-hydrogen) atoms. The first-order chi connectivity index (χ1) is 13.7. The molecule has 2 aromatic heterocycles. The molecule has 0 aliphatic carbocycles. The summed E-state index contributed by atoms with van der Waals surface area (Å²) in [5.41, 5.74) is 3.61. The summed E-state index contributed by atoms with van der Waals surface area (Å²) in [5.74, 6) is 5.19. The van der Waals surface area contributed by atoms with Gasteiger partial charge in [0.2, 0.25) is 0 Å². The predicted octanol–water partition coefficient (Wildman–Crippen LogP) is 3.30. The van der Waals surface area contributed by atoms with Gasteiger partial charge in [0.15, 0.2) is 11.4 Å². The molecule has 0 saturated heterocycles. The number of carbonyl (C=O) groups excluding carboxylic acids is 1. The lowest BCUT2D eigenvalue weighted by molar-refractivity contribution is -0.136. The number of hydrogen-bond acceptors (Lipinski definition) is 5. The number of rotatable bonds is 7. The SMILES string of the molecule is CCOC(=O)C#CCOCc1c(C)nc2c(OCc3ccccc3)cccn12. The Labute approximate surface area is 164 Å². The van der Waals surface area contributed by atoms with E-state index in [4.69, 9.17) is 14.2 Å². The molecule has 144 valence electrons. The third kappa shape index (κ3) is 4.90. The van der Waals surface area contributed by atoms with Gasteiger partial charge in [-0.05, 0) is 31.5 Å². The van der Waals surface area contributed by atoms with Gasteiger partial charge in [-0.2, -0.15) is 0 Å². The van der Waals surface area contributed by atoms with Crippen LogP contribution in [-0.4, -0.2) is 28.6 Å². The molecule has 0 fully saturated rings. The number of esters is 1. The van der Waals surface area contributed by atoms with Gasteiger partial charge in [-0.25, -0.2) is 9.78 Å². The third-order valence-corrected chi connectivity index (χ3v) is 4.03. The second-order valence-electron chi connectivity index (χ2n) is 6.00. The minimum atomic E-state index is -0.544. The number of hydrogen-bond donors (Lipinski definition) is 0. The smallest absolute Gasteiger partial charge is 0.384 e. The van der Waals surface area contributed by atoms with Gasteiger partial charge in [-0.1, -0.05) is 36.3 Å². The molecule has 0 radical (unpaired) electrons. The number of carbonyl (C=O) groups is 1. The zero-order valence-electron chi connectivity index (χ0n) is 16.0. The Morgan fingerprint density at radius 2 is 1.96 bits per heavy atom. The lowest BCUT2D eigenvalue weighted by atomic mass is 10.2. The van der Waals surface area contributed by atoms with Gasteiger partial charge in [-0.3, -0.25) is 4.40 Å². The van der Waals surface area contributed by atoms with Crippen LogP contribution in [0.15, 0.2) is 48.7 Å². The molecule has 0 amide bonds. The molecule has 0 bridgehead atoms. The Balaban J connectivity index is 1.67. The first kappa shape index (κ1) is 19.5. The number of aryl methyl sites for hydroxylation is 1. The van der Waals surface area contributed by atoms with Gasteiger partial charge < -0.3 is 14.2 Å². The van der Waals surface area contributed by atoms with Crippen molar-refractivity contribution >= 4 is 11.6 Å². The lowest BCUT2D eigenvalue weighted by Gasteiger charge is -2.08. The van der Waals surface area contributed by atoms with Crippen molar-refractivity contribution in [2.45, 2.75) is 27.1 Å². The van der Waals surface area contributed by atoms with Gasteiger partial charge in [0.05, 0.1) is 24.6 Å². The monoisotopic (exact) mass is 378 g/mol. The van der Waals surface area contributed by atoms with Crippen LogP contribution in [0.25, 0.3) is 5.65 Å². The van der Waals surface area contributed by atoms with E-state index >= 15 is 0 Å². The van der Waals surface area contributed by atoms with Crippen molar-refractivity contribution in [3.63, 3.8) is 0 Å². The van der Waals surface area contributed by atoms with E-state index in [0.717, 1.165) is 22.6 Å². The van der Waals surface area contributed by atoms with Gasteiger partial charge in [-0.15, -0.1) is 0 Å². The molecule has 1 aromatic carbocycles. The summed E-state index contributed by atoms with van der Waals surface area (Å²) in [6.07, 6.45) is 1.92. The van der Waals surface area contributed by atoms with Gasteiger partial charge in [0.25, 0.3) is 0 Å². The number of pyridine rings is 1. The highest BCUT2D eigenvalue weighted by Gasteiger charge is 2.12. The van der Waals surface area contributed by atoms with E-state index in [9.17, 15) is 4.79 Å². The number of fused-ring (bicyclic) bond motifs is 1. The summed E-state index contributed by atoms with van der Waals surface area (Å²) in [4.78, 5) is 15.8. The maximum Gasteiger partial charge on any atom is 0.384 e. The summed E-state index contributed by atoms with van der Waals surface area (Å²) in [5, 5.41) is 0. The van der Waals surface area contributed by atoms with E-state index in [1.807, 2.05) is 60.0 Å². The number of benzene rings is 1. The molecule has 0 aliphatic heterocycles. The minimum absolute atomic E-state index is 0.135. The highest BCUT2D eigenvalue weighted by atomic mass is 16.5. The highest BCUT2D eigenvalue weighted by molar-refractivity contribution is 5.88. The van der Waals surface area contributed by atoms with E-state index in [2.05, 4.69) is 16.8 Å². The van der Waals surface area contributed by atoms with Crippen molar-refractivity contribution in [1.29, 1.82) is 0 Å². The molecular formula is C22H22N2O4. The van der Waals surface area contributed by atoms with Gasteiger partial charge in [0.1, 0.15) is 13.2 Å². The van der Waals surface area contributed by atoms with Crippen LogP contribution >= 0.6 is 0 Å². The number of aromatic nitrogens is 2. The Bertz CT molecular complexity index is 1000. The van der Waals surface area contributed by atoms with Crippen molar-refractivity contribution in [2.24, 2.45) is 0 Å². The predicted molar refractivity (Wildman–Crippen MR) is 105 cm³/mol. The normalized spacial score (nSPS) is 10.4. The summed E-state index contributed by atoms with van der Waals surface area (Å²) in [6.45, 7) is 4.91. The summed E-state index contributed by atoms with van der Waals surface area (Å²) in [6, 6.07) is 13.8. The van der Waals surface area contributed by atoms with Crippen LogP contribution in [0.3, 0.4) is 0 Å². The van der Waals surface area contributed by atoms with Gasteiger partial charge >= 0.3 is 5.97 Å². The van der Waals surface area contributed by atoms with Crippen LogP contribution in [-0.2, 0) is 27.5 Å². The third-order valence-electron chi connectivity index (χ3n) is 4.03. The van der Waals surface area contributed by atoms with Crippen LogP contribution in [0, 0.1) is 18.8 Å². The van der Waals surface area contributed by atoms with E-state index in [-0.39, 0.29) is 6.61 Å². The van der Waals surface area contributed by atoms with Crippen molar-refractivity contribution in [2.75, 3.05) is 13.2 Å². The van der Waals surface area contributed by atoms with Gasteiger partial charge in [0, 0.05) is 12.1 Å². The molecule has 6 nitrogen and oxygen atoms in total. The molecule has 2 heterocycles. The van der Waals surface area contributed by atoms with E-state index in [1.165, 1.54) is 0 Å². The van der Waals surface area contributed by atoms with Crippen LogP contribution in [0.1, 0.15) is 23.9 Å². The zero-order valence-corrected chi connectivity index (χ0v) is 16.0. The van der Waals surface area contributed by atoms with E-state index < -0.39 is 5.97 Å². The Morgan fingerprint density at radius 1 is 1.14 bits per heavy atom. The van der Waals surface area contributed by atoms with E-state index in [0.29, 0.717) is 25.6 Å². The molecule has 0 N–H and O–H groups in total. The number of ether oxygens (including phenoxy) is 3. The van der Waals surface area contributed by atoms with Crippen LogP contribution < -0.4 is 4.74 Å². The Hall–Kier alpha value is -3.30. The van der Waals surface area contributed by atoms with Crippen molar-refractivity contribution in [3.05, 3.63) is 65.6 Å². The molecule has 6 heteroatoms. The highest BCUT2D eigenvalue weighted by Crippen LogP contribution is 2.23. The molecular weight excluding hydrogens is 356 g/mol. The molecule has 3 aromatic rings. The second kappa shape index (κ2) is 9.58. The van der Waals surface area contributed by atoms with Crippen molar-refractivity contribution in [3.8, 4) is 17.6 Å². The lowest BCUT2D eigenvalue weighted by Crippen LogP contribution is -2.02. The Morgan fingerprint density at radius 3 is 2.75 bits per heavy atom. The summed E-state index contributed by atoms with van der Waals surface area (Å²) >= 11 is 0. The van der Waals surface area contributed by atoms with E-state index in [1.54, 1.807) is 6.92 Å². The topological polar surface area (TPSA) is 62.1 Å². The summed E-state index contributed by atoms with van der Waals surface area (Å²) < 4.78 is 18.2. The quantitative estimate of drug-likeness (QED) is 0.273. The first-order valence-corrected chi connectivity index (χ1v) is 9.05. The first-order valence-electron chi connectivity index (χ1n) is 9.05. The molecule has 3 rings (SSSR count). The second-order valence-corrected chi connectivity index (χ2v) is 6.00. The fraction of sp³-hybridized carbons (Fsp3) is 0.273. The van der Waals surface area contributed by atoms with Crippen LogP contribution in [0.4, 0.5) is 0 Å². The zero-order chi connectivity index (χ0) is 19.8. The molecule has 0 spiro atoms. The van der Waals surface area contributed by atoms with Crippen molar-refractivity contribution < 1.29 is 19.0 Å². The maximum absolute atomic E-state index is 11.2. The largest absolute Gasteiger partial charge is 0.485 e. The standard InChI is InChI=1S/C22H22N2O4/c1-3-27-21(25)12-8-14-26-16-19-17(2)23-22-20(11-7-13-24(19)22)28-15-18-9-5-4-6-10-18/h4-7,9-11,13H,3,14-16H2,1-2H3. The number of imidazole rings is 1. The van der Waals surface area contributed by atoms with Crippen LogP contribution in [0.2, 0.25) is 0 Å². The molecule has 0 atom stereocenters. The van der Waals surface area contributed by atoms with Crippen molar-refractivity contribution in [1.82, 2.24) is 9.38 Å². The molecule has 0 unspecified atom stereocenters. The maximum atomic E-state index is 11.2. The summed E-state index contributed by atoms with van der Waals surface area (Å²) in [7, 11) is 0.